The molecule has 0 bridgehead atoms. The molecule has 1 unspecified atom stereocenters. The van der Waals surface area contributed by atoms with Gasteiger partial charge in [-0.25, -0.2) is 14.4 Å². The highest BCUT2D eigenvalue weighted by Gasteiger charge is 2.41. The Bertz CT molecular complexity index is 933. The second-order valence-electron chi connectivity index (χ2n) is 8.72. The number of carboxylic acid groups (broad SMARTS) is 1. The SMILES string of the molecule is CC(C)(C)OC(=O)NC(CSCCNC(=O)OCc1ccccc1)(Cc1ccccc1)C(=O)O. The van der Waals surface area contributed by atoms with Gasteiger partial charge >= 0.3 is 18.2 Å². The predicted molar refractivity (Wildman–Crippen MR) is 132 cm³/mol. The lowest BCUT2D eigenvalue weighted by Crippen LogP contribution is -2.59. The predicted octanol–water partition coefficient (Wildman–Crippen LogP) is 4.24. The Balaban J connectivity index is 1.93. The summed E-state index contributed by atoms with van der Waals surface area (Å²) in [5.41, 5.74) is -0.697. The topological polar surface area (TPSA) is 114 Å². The molecule has 1 atom stereocenters. The third-order valence-electron chi connectivity index (χ3n) is 4.58. The maximum Gasteiger partial charge on any atom is 0.408 e. The van der Waals surface area contributed by atoms with Crippen LogP contribution in [0.5, 0.6) is 0 Å². The first-order valence-corrected chi connectivity index (χ1v) is 12.1. The fourth-order valence-electron chi connectivity index (χ4n) is 3.01. The summed E-state index contributed by atoms with van der Waals surface area (Å²) >= 11 is 1.30. The van der Waals surface area contributed by atoms with E-state index < -0.39 is 29.3 Å². The monoisotopic (exact) mass is 488 g/mol. The van der Waals surface area contributed by atoms with Crippen molar-refractivity contribution in [3.8, 4) is 0 Å². The summed E-state index contributed by atoms with van der Waals surface area (Å²) in [6, 6.07) is 18.4. The van der Waals surface area contributed by atoms with E-state index in [1.807, 2.05) is 60.7 Å². The van der Waals surface area contributed by atoms with Crippen molar-refractivity contribution in [3.63, 3.8) is 0 Å². The van der Waals surface area contributed by atoms with Gasteiger partial charge in [-0.1, -0.05) is 60.7 Å². The number of carbonyl (C=O) groups is 3. The summed E-state index contributed by atoms with van der Waals surface area (Å²) in [7, 11) is 0. The lowest BCUT2D eigenvalue weighted by Gasteiger charge is -2.32. The van der Waals surface area contributed by atoms with Gasteiger partial charge in [-0.05, 0) is 31.9 Å². The van der Waals surface area contributed by atoms with Crippen LogP contribution in [0.25, 0.3) is 0 Å². The Hall–Kier alpha value is -3.20. The molecular weight excluding hydrogens is 456 g/mol. The summed E-state index contributed by atoms with van der Waals surface area (Å²) in [5, 5.41) is 15.3. The molecule has 2 aromatic carbocycles. The Labute approximate surface area is 204 Å². The first-order chi connectivity index (χ1) is 16.1. The minimum atomic E-state index is -1.58. The number of carboxylic acids is 1. The molecule has 0 saturated heterocycles. The minimum Gasteiger partial charge on any atom is -0.479 e. The molecular formula is C25H32N2O6S. The van der Waals surface area contributed by atoms with Crippen LogP contribution in [-0.2, 0) is 27.3 Å². The third kappa shape index (κ3) is 9.74. The fourth-order valence-corrected chi connectivity index (χ4v) is 4.05. The number of hydrogen-bond donors (Lipinski definition) is 3. The zero-order valence-corrected chi connectivity index (χ0v) is 20.5. The van der Waals surface area contributed by atoms with E-state index in [-0.39, 0.29) is 25.3 Å². The Morgan fingerprint density at radius 2 is 1.50 bits per heavy atom. The number of amides is 2. The van der Waals surface area contributed by atoms with Crippen molar-refractivity contribution in [2.24, 2.45) is 0 Å². The second kappa shape index (κ2) is 12.9. The normalized spacial score (nSPS) is 12.8. The van der Waals surface area contributed by atoms with Gasteiger partial charge in [0.2, 0.25) is 0 Å². The molecule has 9 heteroatoms. The van der Waals surface area contributed by atoms with Gasteiger partial charge in [0, 0.05) is 24.5 Å². The smallest absolute Gasteiger partial charge is 0.408 e. The van der Waals surface area contributed by atoms with Crippen LogP contribution in [0.3, 0.4) is 0 Å². The summed E-state index contributed by atoms with van der Waals surface area (Å²) < 4.78 is 10.5. The summed E-state index contributed by atoms with van der Waals surface area (Å²) in [6.45, 7) is 5.58. The number of alkyl carbamates (subject to hydrolysis) is 2. The van der Waals surface area contributed by atoms with E-state index in [0.717, 1.165) is 11.1 Å². The average molecular weight is 489 g/mol. The molecule has 0 aliphatic rings. The molecule has 3 N–H and O–H groups in total. The van der Waals surface area contributed by atoms with Crippen molar-refractivity contribution in [3.05, 3.63) is 71.8 Å². The quantitative estimate of drug-likeness (QED) is 0.406. The maximum atomic E-state index is 12.5. The van der Waals surface area contributed by atoms with Gasteiger partial charge in [-0.2, -0.15) is 11.8 Å². The summed E-state index contributed by atoms with van der Waals surface area (Å²) in [5.74, 6) is -0.651. The molecule has 2 aromatic rings. The fraction of sp³-hybridized carbons (Fsp3) is 0.400. The van der Waals surface area contributed by atoms with E-state index in [1.54, 1.807) is 20.8 Å². The highest BCUT2D eigenvalue weighted by molar-refractivity contribution is 7.99. The molecule has 8 nitrogen and oxygen atoms in total. The number of ether oxygens (including phenoxy) is 2. The number of carbonyl (C=O) groups excluding carboxylic acids is 2. The van der Waals surface area contributed by atoms with E-state index in [0.29, 0.717) is 5.75 Å². The first-order valence-electron chi connectivity index (χ1n) is 10.9. The average Bonchev–Trinajstić information content (AvgIpc) is 2.77. The molecule has 184 valence electrons. The number of rotatable bonds is 11. The van der Waals surface area contributed by atoms with Crippen LogP contribution >= 0.6 is 11.8 Å². The maximum absolute atomic E-state index is 12.5. The van der Waals surface area contributed by atoms with Crippen molar-refractivity contribution < 1.29 is 29.0 Å². The van der Waals surface area contributed by atoms with Crippen LogP contribution < -0.4 is 10.6 Å². The standard InChI is InChI=1S/C25H32N2O6S/c1-24(2,3)33-23(31)27-25(21(28)29,16-19-10-6-4-7-11-19)18-34-15-14-26-22(30)32-17-20-12-8-5-9-13-20/h4-13H,14-18H2,1-3H3,(H,26,30)(H,27,31)(H,28,29). The Morgan fingerprint density at radius 3 is 2.06 bits per heavy atom. The zero-order valence-electron chi connectivity index (χ0n) is 19.7. The van der Waals surface area contributed by atoms with Gasteiger partial charge in [0.05, 0.1) is 0 Å². The van der Waals surface area contributed by atoms with Gasteiger partial charge in [-0.3, -0.25) is 0 Å². The molecule has 0 aromatic heterocycles. The van der Waals surface area contributed by atoms with E-state index >= 15 is 0 Å². The van der Waals surface area contributed by atoms with Crippen LogP contribution in [-0.4, -0.2) is 52.5 Å². The van der Waals surface area contributed by atoms with E-state index in [2.05, 4.69) is 10.6 Å². The highest BCUT2D eigenvalue weighted by Crippen LogP contribution is 2.21. The molecule has 0 saturated carbocycles. The van der Waals surface area contributed by atoms with E-state index in [9.17, 15) is 19.5 Å². The summed E-state index contributed by atoms with van der Waals surface area (Å²) in [4.78, 5) is 36.7. The van der Waals surface area contributed by atoms with Gasteiger partial charge in [-0.15, -0.1) is 0 Å². The zero-order chi connectivity index (χ0) is 25.0. The minimum absolute atomic E-state index is 0.0806. The Kier molecular flexibility index (Phi) is 10.2. The van der Waals surface area contributed by atoms with Gasteiger partial charge in [0.1, 0.15) is 12.2 Å². The number of hydrogen-bond acceptors (Lipinski definition) is 6. The van der Waals surface area contributed by atoms with Gasteiger partial charge in [0.15, 0.2) is 5.54 Å². The van der Waals surface area contributed by atoms with Crippen molar-refractivity contribution in [1.29, 1.82) is 0 Å². The Morgan fingerprint density at radius 1 is 0.912 bits per heavy atom. The van der Waals surface area contributed by atoms with E-state index in [1.165, 1.54) is 11.8 Å². The third-order valence-corrected chi connectivity index (χ3v) is 5.77. The number of benzene rings is 2. The largest absolute Gasteiger partial charge is 0.479 e. The van der Waals surface area contributed by atoms with Gasteiger partial charge < -0.3 is 25.2 Å². The lowest BCUT2D eigenvalue weighted by molar-refractivity contribution is -0.143. The van der Waals surface area contributed by atoms with E-state index in [4.69, 9.17) is 9.47 Å². The molecule has 0 spiro atoms. The highest BCUT2D eigenvalue weighted by atomic mass is 32.2. The number of nitrogens with one attached hydrogen (secondary N) is 2. The molecule has 0 radical (unpaired) electrons. The molecule has 0 fully saturated rings. The van der Waals surface area contributed by atoms with Crippen molar-refractivity contribution in [2.75, 3.05) is 18.1 Å². The van der Waals surface area contributed by atoms with Crippen LogP contribution in [0.1, 0.15) is 31.9 Å². The molecule has 0 aliphatic heterocycles. The molecule has 2 amide bonds. The van der Waals surface area contributed by atoms with Crippen molar-refractivity contribution in [1.82, 2.24) is 10.6 Å². The van der Waals surface area contributed by atoms with Crippen molar-refractivity contribution >= 4 is 29.9 Å². The van der Waals surface area contributed by atoms with Crippen LogP contribution in [0, 0.1) is 0 Å². The number of aliphatic carboxylic acids is 1. The van der Waals surface area contributed by atoms with Crippen molar-refractivity contribution in [2.45, 2.75) is 44.9 Å². The van der Waals surface area contributed by atoms with Crippen LogP contribution in [0.2, 0.25) is 0 Å². The van der Waals surface area contributed by atoms with Crippen LogP contribution in [0.4, 0.5) is 9.59 Å². The van der Waals surface area contributed by atoms with Crippen LogP contribution in [0.15, 0.2) is 60.7 Å². The molecule has 2 rings (SSSR count). The van der Waals surface area contributed by atoms with Gasteiger partial charge in [0.25, 0.3) is 0 Å². The second-order valence-corrected chi connectivity index (χ2v) is 9.82. The lowest BCUT2D eigenvalue weighted by atomic mass is 9.93. The summed E-state index contributed by atoms with van der Waals surface area (Å²) in [6.07, 6.45) is -1.26. The first kappa shape index (κ1) is 27.0. The molecule has 0 aliphatic carbocycles. The number of thioether (sulfide) groups is 1. The molecule has 0 heterocycles. The molecule has 34 heavy (non-hydrogen) atoms.